The van der Waals surface area contributed by atoms with Crippen molar-refractivity contribution < 1.29 is 9.53 Å². The fourth-order valence-corrected chi connectivity index (χ4v) is 1.63. The van der Waals surface area contributed by atoms with E-state index in [4.69, 9.17) is 4.74 Å². The van der Waals surface area contributed by atoms with Crippen LogP contribution in [-0.4, -0.2) is 26.1 Å². The standard InChI is InChI=1S/C14H22N2O2/c1-3-9-16-14(17)8-10-15-11-12-6-4-5-7-13(12)18-2/h4-7,15H,3,8-11H2,1-2H3,(H,16,17). The zero-order valence-corrected chi connectivity index (χ0v) is 11.2. The number of hydrogen-bond donors (Lipinski definition) is 2. The number of carbonyl (C=O) groups excluding carboxylic acids is 1. The lowest BCUT2D eigenvalue weighted by Gasteiger charge is -2.09. The summed E-state index contributed by atoms with van der Waals surface area (Å²) >= 11 is 0. The first-order valence-corrected chi connectivity index (χ1v) is 6.37. The lowest BCUT2D eigenvalue weighted by Crippen LogP contribution is -2.28. The van der Waals surface area contributed by atoms with Gasteiger partial charge in [-0.05, 0) is 12.5 Å². The van der Waals surface area contributed by atoms with Crippen LogP contribution in [0.3, 0.4) is 0 Å². The predicted octanol–water partition coefficient (Wildman–Crippen LogP) is 1.70. The Bertz CT molecular complexity index is 367. The summed E-state index contributed by atoms with van der Waals surface area (Å²) in [6.45, 7) is 4.18. The van der Waals surface area contributed by atoms with Crippen molar-refractivity contribution in [3.63, 3.8) is 0 Å². The highest BCUT2D eigenvalue weighted by Gasteiger charge is 2.02. The summed E-state index contributed by atoms with van der Waals surface area (Å²) in [5.41, 5.74) is 1.11. The maximum Gasteiger partial charge on any atom is 0.221 e. The summed E-state index contributed by atoms with van der Waals surface area (Å²) in [6.07, 6.45) is 1.48. The number of amides is 1. The van der Waals surface area contributed by atoms with Crippen molar-refractivity contribution in [2.24, 2.45) is 0 Å². The van der Waals surface area contributed by atoms with Crippen LogP contribution in [0.25, 0.3) is 0 Å². The first-order chi connectivity index (χ1) is 8.77. The first kappa shape index (κ1) is 14.5. The molecule has 0 saturated heterocycles. The Kier molecular flexibility index (Phi) is 6.87. The molecule has 4 nitrogen and oxygen atoms in total. The Labute approximate surface area is 109 Å². The number of benzene rings is 1. The summed E-state index contributed by atoms with van der Waals surface area (Å²) in [6, 6.07) is 7.88. The van der Waals surface area contributed by atoms with Crippen molar-refractivity contribution >= 4 is 5.91 Å². The molecule has 1 aromatic rings. The molecular weight excluding hydrogens is 228 g/mol. The van der Waals surface area contributed by atoms with Crippen molar-refractivity contribution in [1.82, 2.24) is 10.6 Å². The van der Waals surface area contributed by atoms with Crippen LogP contribution in [-0.2, 0) is 11.3 Å². The molecule has 1 amide bonds. The van der Waals surface area contributed by atoms with Gasteiger partial charge in [-0.2, -0.15) is 0 Å². The monoisotopic (exact) mass is 250 g/mol. The van der Waals surface area contributed by atoms with Crippen LogP contribution in [0.5, 0.6) is 5.75 Å². The molecule has 0 bridgehead atoms. The quantitative estimate of drug-likeness (QED) is 0.690. The van der Waals surface area contributed by atoms with E-state index in [9.17, 15) is 4.79 Å². The summed E-state index contributed by atoms with van der Waals surface area (Å²) in [7, 11) is 1.66. The van der Waals surface area contributed by atoms with E-state index in [0.29, 0.717) is 19.5 Å². The largest absolute Gasteiger partial charge is 0.496 e. The molecule has 18 heavy (non-hydrogen) atoms. The van der Waals surface area contributed by atoms with Gasteiger partial charge in [-0.3, -0.25) is 4.79 Å². The summed E-state index contributed by atoms with van der Waals surface area (Å²) in [4.78, 5) is 11.4. The number of para-hydroxylation sites is 1. The lowest BCUT2D eigenvalue weighted by atomic mass is 10.2. The fraction of sp³-hybridized carbons (Fsp3) is 0.500. The van der Waals surface area contributed by atoms with E-state index in [1.807, 2.05) is 31.2 Å². The maximum atomic E-state index is 11.4. The van der Waals surface area contributed by atoms with Crippen molar-refractivity contribution in [1.29, 1.82) is 0 Å². The van der Waals surface area contributed by atoms with Gasteiger partial charge in [0, 0.05) is 31.6 Å². The van der Waals surface area contributed by atoms with E-state index in [0.717, 1.165) is 24.3 Å². The van der Waals surface area contributed by atoms with Gasteiger partial charge in [0.2, 0.25) is 5.91 Å². The van der Waals surface area contributed by atoms with Crippen LogP contribution < -0.4 is 15.4 Å². The smallest absolute Gasteiger partial charge is 0.221 e. The second-order valence-electron chi connectivity index (χ2n) is 4.09. The van der Waals surface area contributed by atoms with Crippen molar-refractivity contribution in [2.45, 2.75) is 26.3 Å². The molecule has 4 heteroatoms. The summed E-state index contributed by atoms with van der Waals surface area (Å²) in [5.74, 6) is 0.977. The van der Waals surface area contributed by atoms with Gasteiger partial charge in [-0.1, -0.05) is 25.1 Å². The molecule has 0 atom stereocenters. The number of hydrogen-bond acceptors (Lipinski definition) is 3. The third-order valence-electron chi connectivity index (χ3n) is 2.61. The number of rotatable bonds is 8. The van der Waals surface area contributed by atoms with Crippen LogP contribution in [0.15, 0.2) is 24.3 Å². The minimum absolute atomic E-state index is 0.101. The molecule has 0 spiro atoms. The van der Waals surface area contributed by atoms with E-state index in [-0.39, 0.29) is 5.91 Å². The normalized spacial score (nSPS) is 10.1. The Hall–Kier alpha value is -1.55. The SMILES string of the molecule is CCCNC(=O)CCNCc1ccccc1OC. The highest BCUT2D eigenvalue weighted by molar-refractivity contribution is 5.75. The van der Waals surface area contributed by atoms with Crippen LogP contribution in [0, 0.1) is 0 Å². The first-order valence-electron chi connectivity index (χ1n) is 6.37. The van der Waals surface area contributed by atoms with Gasteiger partial charge in [-0.25, -0.2) is 0 Å². The van der Waals surface area contributed by atoms with E-state index in [2.05, 4.69) is 10.6 Å². The molecule has 0 fully saturated rings. The zero-order valence-electron chi connectivity index (χ0n) is 11.2. The average Bonchev–Trinajstić information content (AvgIpc) is 2.41. The molecule has 0 saturated carbocycles. The van der Waals surface area contributed by atoms with Crippen molar-refractivity contribution in [3.05, 3.63) is 29.8 Å². The molecule has 0 aromatic heterocycles. The minimum atomic E-state index is 0.101. The molecular formula is C14H22N2O2. The van der Waals surface area contributed by atoms with Gasteiger partial charge >= 0.3 is 0 Å². The van der Waals surface area contributed by atoms with E-state index in [1.165, 1.54) is 0 Å². The number of methoxy groups -OCH3 is 1. The minimum Gasteiger partial charge on any atom is -0.496 e. The van der Waals surface area contributed by atoms with Gasteiger partial charge in [0.25, 0.3) is 0 Å². The molecule has 1 aromatic carbocycles. The molecule has 0 heterocycles. The van der Waals surface area contributed by atoms with Gasteiger partial charge in [-0.15, -0.1) is 0 Å². The topological polar surface area (TPSA) is 50.4 Å². The molecule has 0 aliphatic rings. The third kappa shape index (κ3) is 5.19. The Morgan fingerprint density at radius 2 is 2.06 bits per heavy atom. The van der Waals surface area contributed by atoms with E-state index < -0.39 is 0 Å². The van der Waals surface area contributed by atoms with Crippen LogP contribution in [0.4, 0.5) is 0 Å². The van der Waals surface area contributed by atoms with Gasteiger partial charge in [0.1, 0.15) is 5.75 Å². The van der Waals surface area contributed by atoms with Gasteiger partial charge < -0.3 is 15.4 Å². The van der Waals surface area contributed by atoms with Crippen molar-refractivity contribution in [3.8, 4) is 5.75 Å². The Balaban J connectivity index is 2.23. The average molecular weight is 250 g/mol. The Morgan fingerprint density at radius 3 is 2.78 bits per heavy atom. The van der Waals surface area contributed by atoms with E-state index >= 15 is 0 Å². The third-order valence-corrected chi connectivity index (χ3v) is 2.61. The lowest BCUT2D eigenvalue weighted by molar-refractivity contribution is -0.120. The second-order valence-corrected chi connectivity index (χ2v) is 4.09. The summed E-state index contributed by atoms with van der Waals surface area (Å²) in [5, 5.41) is 6.09. The molecule has 100 valence electrons. The van der Waals surface area contributed by atoms with Gasteiger partial charge in [0.05, 0.1) is 7.11 Å². The number of nitrogens with one attached hydrogen (secondary N) is 2. The molecule has 0 aliphatic heterocycles. The molecule has 2 N–H and O–H groups in total. The molecule has 1 rings (SSSR count). The predicted molar refractivity (Wildman–Crippen MR) is 72.6 cm³/mol. The van der Waals surface area contributed by atoms with Gasteiger partial charge in [0.15, 0.2) is 0 Å². The fourth-order valence-electron chi connectivity index (χ4n) is 1.63. The second kappa shape index (κ2) is 8.53. The van der Waals surface area contributed by atoms with Crippen LogP contribution in [0.1, 0.15) is 25.3 Å². The maximum absolute atomic E-state index is 11.4. The van der Waals surface area contributed by atoms with Crippen LogP contribution >= 0.6 is 0 Å². The van der Waals surface area contributed by atoms with E-state index in [1.54, 1.807) is 7.11 Å². The summed E-state index contributed by atoms with van der Waals surface area (Å²) < 4.78 is 5.26. The number of ether oxygens (including phenoxy) is 1. The number of carbonyl (C=O) groups is 1. The van der Waals surface area contributed by atoms with Crippen LogP contribution in [0.2, 0.25) is 0 Å². The highest BCUT2D eigenvalue weighted by Crippen LogP contribution is 2.16. The van der Waals surface area contributed by atoms with Crippen molar-refractivity contribution in [2.75, 3.05) is 20.2 Å². The highest BCUT2D eigenvalue weighted by atomic mass is 16.5. The molecule has 0 radical (unpaired) electrons. The molecule has 0 unspecified atom stereocenters. The zero-order chi connectivity index (χ0) is 13.2. The molecule has 0 aliphatic carbocycles. The Morgan fingerprint density at radius 1 is 1.28 bits per heavy atom.